The molecule has 3 fully saturated rings. The van der Waals surface area contributed by atoms with Crippen LogP contribution in [-0.2, 0) is 9.47 Å². The van der Waals surface area contributed by atoms with E-state index in [1.807, 2.05) is 0 Å². The first-order valence-corrected chi connectivity index (χ1v) is 10.6. The van der Waals surface area contributed by atoms with Gasteiger partial charge in [-0.05, 0) is 25.7 Å². The molecular formula is C15H30N2O2P+. The highest BCUT2D eigenvalue weighted by Crippen LogP contribution is 2.68. The SMILES string of the molecule is C[P+](C1CCCCC1)(N1CCOCC1)N1CCOCC1. The second-order valence-electron chi connectivity index (χ2n) is 6.40. The minimum absolute atomic E-state index is 0.923. The van der Waals surface area contributed by atoms with Gasteiger partial charge in [0, 0.05) is 0 Å². The van der Waals surface area contributed by atoms with E-state index in [9.17, 15) is 0 Å². The predicted octanol–water partition coefficient (Wildman–Crippen LogP) is 2.46. The van der Waals surface area contributed by atoms with Gasteiger partial charge in [-0.25, -0.2) is 0 Å². The quantitative estimate of drug-likeness (QED) is 0.748. The molecule has 0 aromatic rings. The molecule has 1 aliphatic carbocycles. The maximum Gasteiger partial charge on any atom is 0.153 e. The molecule has 0 radical (unpaired) electrons. The number of morpholine rings is 2. The van der Waals surface area contributed by atoms with E-state index in [-0.39, 0.29) is 0 Å². The molecule has 116 valence electrons. The maximum absolute atomic E-state index is 5.60. The van der Waals surface area contributed by atoms with Crippen LogP contribution < -0.4 is 0 Å². The molecule has 0 N–H and O–H groups in total. The van der Waals surface area contributed by atoms with Crippen LogP contribution in [0.25, 0.3) is 0 Å². The Balaban J connectivity index is 1.79. The molecule has 0 aromatic heterocycles. The molecule has 0 aromatic carbocycles. The molecule has 2 saturated heterocycles. The summed E-state index contributed by atoms with van der Waals surface area (Å²) in [6.07, 6.45) is 7.21. The predicted molar refractivity (Wildman–Crippen MR) is 84.5 cm³/mol. The molecule has 20 heavy (non-hydrogen) atoms. The summed E-state index contributed by atoms with van der Waals surface area (Å²) in [7, 11) is -1.19. The van der Waals surface area contributed by atoms with Gasteiger partial charge in [-0.1, -0.05) is 6.42 Å². The van der Waals surface area contributed by atoms with E-state index in [1.165, 1.54) is 32.1 Å². The number of ether oxygens (including phenoxy) is 2. The van der Waals surface area contributed by atoms with Gasteiger partial charge in [-0.2, -0.15) is 9.34 Å². The van der Waals surface area contributed by atoms with Gasteiger partial charge in [-0.3, -0.25) is 0 Å². The number of hydrogen-bond acceptors (Lipinski definition) is 4. The van der Waals surface area contributed by atoms with Crippen molar-refractivity contribution in [3.8, 4) is 0 Å². The Kier molecular flexibility index (Phi) is 5.33. The van der Waals surface area contributed by atoms with Crippen molar-refractivity contribution in [1.82, 2.24) is 9.34 Å². The summed E-state index contributed by atoms with van der Waals surface area (Å²) < 4.78 is 16.8. The Morgan fingerprint density at radius 1 is 0.750 bits per heavy atom. The van der Waals surface area contributed by atoms with Gasteiger partial charge in [0.25, 0.3) is 0 Å². The molecule has 3 rings (SSSR count). The normalized spacial score (nSPS) is 28.6. The lowest BCUT2D eigenvalue weighted by Crippen LogP contribution is -2.49. The molecule has 0 atom stereocenters. The highest BCUT2D eigenvalue weighted by atomic mass is 31.2. The van der Waals surface area contributed by atoms with Gasteiger partial charge in [0.15, 0.2) is 7.56 Å². The van der Waals surface area contributed by atoms with Crippen LogP contribution in [0.1, 0.15) is 32.1 Å². The molecule has 2 heterocycles. The van der Waals surface area contributed by atoms with Gasteiger partial charge in [-0.15, -0.1) is 0 Å². The first-order valence-electron chi connectivity index (χ1n) is 8.34. The zero-order valence-electron chi connectivity index (χ0n) is 12.9. The van der Waals surface area contributed by atoms with Crippen molar-refractivity contribution < 1.29 is 9.47 Å². The molecule has 0 bridgehead atoms. The maximum atomic E-state index is 5.60. The minimum Gasteiger partial charge on any atom is -0.378 e. The standard InChI is InChI=1S/C15H30N2O2P/c1-20(15-5-3-2-4-6-15,16-7-11-18-12-8-16)17-9-13-19-14-10-17/h15H,2-14H2,1H3/q+1. The summed E-state index contributed by atoms with van der Waals surface area (Å²) in [5.41, 5.74) is 0.924. The van der Waals surface area contributed by atoms with E-state index < -0.39 is 7.56 Å². The highest BCUT2D eigenvalue weighted by Gasteiger charge is 2.53. The number of hydrogen-bond donors (Lipinski definition) is 0. The van der Waals surface area contributed by atoms with E-state index >= 15 is 0 Å². The second-order valence-corrected chi connectivity index (χ2v) is 10.2. The first kappa shape index (κ1) is 15.2. The van der Waals surface area contributed by atoms with Gasteiger partial charge >= 0.3 is 0 Å². The van der Waals surface area contributed by atoms with E-state index in [0.29, 0.717) is 0 Å². The van der Waals surface area contributed by atoms with Crippen LogP contribution in [0.15, 0.2) is 0 Å². The van der Waals surface area contributed by atoms with Gasteiger partial charge in [0.05, 0.1) is 59.3 Å². The smallest absolute Gasteiger partial charge is 0.153 e. The Hall–Kier alpha value is 0.270. The lowest BCUT2D eigenvalue weighted by molar-refractivity contribution is 0.0544. The van der Waals surface area contributed by atoms with E-state index in [1.54, 1.807) is 0 Å². The Bertz CT molecular complexity index is 253. The molecule has 1 saturated carbocycles. The van der Waals surface area contributed by atoms with Gasteiger partial charge in [0.2, 0.25) is 0 Å². The van der Waals surface area contributed by atoms with Crippen LogP contribution in [0, 0.1) is 0 Å². The second kappa shape index (κ2) is 7.02. The summed E-state index contributed by atoms with van der Waals surface area (Å²) >= 11 is 0. The molecule has 0 unspecified atom stereocenters. The average Bonchev–Trinajstić information content (AvgIpc) is 2.56. The lowest BCUT2D eigenvalue weighted by Gasteiger charge is -2.48. The Morgan fingerprint density at radius 2 is 1.20 bits per heavy atom. The van der Waals surface area contributed by atoms with Crippen LogP contribution in [0.3, 0.4) is 0 Å². The largest absolute Gasteiger partial charge is 0.378 e. The summed E-state index contributed by atoms with van der Waals surface area (Å²) in [5, 5.41) is 0. The summed E-state index contributed by atoms with van der Waals surface area (Å²) in [6, 6.07) is 0. The lowest BCUT2D eigenvalue weighted by atomic mass is 10.0. The fraction of sp³-hybridized carbons (Fsp3) is 1.00. The third kappa shape index (κ3) is 3.05. The third-order valence-electron chi connectivity index (χ3n) is 5.39. The first-order chi connectivity index (χ1) is 9.82. The molecule has 2 aliphatic heterocycles. The third-order valence-corrected chi connectivity index (χ3v) is 10.4. The van der Waals surface area contributed by atoms with Crippen molar-refractivity contribution in [3.63, 3.8) is 0 Å². The molecule has 4 nitrogen and oxygen atoms in total. The van der Waals surface area contributed by atoms with Crippen molar-refractivity contribution >= 4 is 7.56 Å². The fourth-order valence-electron chi connectivity index (χ4n) is 4.13. The average molecular weight is 301 g/mol. The van der Waals surface area contributed by atoms with Crippen LogP contribution >= 0.6 is 7.56 Å². The van der Waals surface area contributed by atoms with Crippen LogP contribution in [0.4, 0.5) is 0 Å². The zero-order valence-corrected chi connectivity index (χ0v) is 13.8. The molecular weight excluding hydrogens is 271 g/mol. The zero-order chi connectivity index (χ0) is 13.8. The number of rotatable bonds is 3. The Morgan fingerprint density at radius 3 is 1.65 bits per heavy atom. The Labute approximate surface area is 124 Å². The fourth-order valence-corrected chi connectivity index (χ4v) is 8.70. The highest BCUT2D eigenvalue weighted by molar-refractivity contribution is 7.71. The van der Waals surface area contributed by atoms with Gasteiger partial charge < -0.3 is 9.47 Å². The summed E-state index contributed by atoms with van der Waals surface area (Å²) in [4.78, 5) is 0. The van der Waals surface area contributed by atoms with E-state index in [0.717, 1.165) is 58.3 Å². The van der Waals surface area contributed by atoms with Crippen molar-refractivity contribution in [2.24, 2.45) is 0 Å². The van der Waals surface area contributed by atoms with Crippen molar-refractivity contribution in [3.05, 3.63) is 0 Å². The van der Waals surface area contributed by atoms with Crippen molar-refractivity contribution in [2.45, 2.75) is 37.8 Å². The van der Waals surface area contributed by atoms with E-state index in [2.05, 4.69) is 16.0 Å². The van der Waals surface area contributed by atoms with Crippen LogP contribution in [0.5, 0.6) is 0 Å². The van der Waals surface area contributed by atoms with Crippen molar-refractivity contribution in [1.29, 1.82) is 0 Å². The minimum atomic E-state index is -1.19. The van der Waals surface area contributed by atoms with Crippen LogP contribution in [-0.4, -0.2) is 74.3 Å². The summed E-state index contributed by atoms with van der Waals surface area (Å²) in [5.74, 6) is 0. The molecule has 0 spiro atoms. The molecule has 0 amide bonds. The van der Waals surface area contributed by atoms with Crippen molar-refractivity contribution in [2.75, 3.05) is 59.3 Å². The van der Waals surface area contributed by atoms with Gasteiger partial charge in [0.1, 0.15) is 5.66 Å². The monoisotopic (exact) mass is 301 g/mol. The summed E-state index contributed by atoms with van der Waals surface area (Å²) in [6.45, 7) is 10.9. The number of nitrogens with zero attached hydrogens (tertiary/aromatic N) is 2. The topological polar surface area (TPSA) is 24.9 Å². The van der Waals surface area contributed by atoms with E-state index in [4.69, 9.17) is 9.47 Å². The molecule has 3 aliphatic rings. The molecule has 5 heteroatoms. The van der Waals surface area contributed by atoms with Crippen LogP contribution in [0.2, 0.25) is 0 Å².